The van der Waals surface area contributed by atoms with E-state index in [4.69, 9.17) is 13.9 Å². The minimum atomic E-state index is -0.329. The molecule has 6 nitrogen and oxygen atoms in total. The van der Waals surface area contributed by atoms with Gasteiger partial charge in [-0.1, -0.05) is 13.8 Å². The molecule has 6 heteroatoms. The lowest BCUT2D eigenvalue weighted by Gasteiger charge is -2.11. The van der Waals surface area contributed by atoms with Crippen molar-refractivity contribution in [2.75, 3.05) is 13.7 Å². The van der Waals surface area contributed by atoms with Crippen LogP contribution in [0, 0.1) is 5.92 Å². The van der Waals surface area contributed by atoms with Crippen LogP contribution in [-0.2, 0) is 0 Å². The number of hydrogen-bond donors (Lipinski definition) is 1. The van der Waals surface area contributed by atoms with Crippen molar-refractivity contribution >= 4 is 12.1 Å². The van der Waals surface area contributed by atoms with Crippen LogP contribution in [0.2, 0.25) is 0 Å². The van der Waals surface area contributed by atoms with Gasteiger partial charge in [0.25, 0.3) is 5.91 Å². The fourth-order valence-electron chi connectivity index (χ4n) is 2.71. The molecule has 1 aliphatic rings. The van der Waals surface area contributed by atoms with Gasteiger partial charge in [-0.15, -0.1) is 0 Å². The van der Waals surface area contributed by atoms with Gasteiger partial charge in [-0.05, 0) is 49.1 Å². The van der Waals surface area contributed by atoms with Crippen molar-refractivity contribution in [3.63, 3.8) is 0 Å². The number of methoxy groups -OCH3 is 1. The molecule has 0 radical (unpaired) electrons. The molecule has 0 aliphatic heterocycles. The van der Waals surface area contributed by atoms with E-state index in [-0.39, 0.29) is 5.91 Å². The number of nitrogens with one attached hydrogen (secondary N) is 1. The number of carbonyl (C=O) groups is 1. The van der Waals surface area contributed by atoms with Gasteiger partial charge in [0.15, 0.2) is 11.5 Å². The standard InChI is InChI=1S/C20H24N2O4/c1-4-9-25-18-7-5-14(11-19(18)24-3)20(23)22-21-12-15-6-8-17(26-15)16-10-13(16)2/h5-8,11-13,16H,4,9-10H2,1-3H3,(H,22,23)/b21-12-/t13-,16+/m1/s1. The third kappa shape index (κ3) is 4.25. The molecule has 1 aromatic heterocycles. The Labute approximate surface area is 153 Å². The highest BCUT2D eigenvalue weighted by molar-refractivity contribution is 5.95. The SMILES string of the molecule is CCCOc1ccc(C(=O)N/N=C\c2ccc([C@H]3C[C@H]3C)o2)cc1OC. The Morgan fingerprint density at radius 1 is 1.35 bits per heavy atom. The first-order valence-electron chi connectivity index (χ1n) is 8.86. The molecule has 26 heavy (non-hydrogen) atoms. The van der Waals surface area contributed by atoms with Gasteiger partial charge in [-0.25, -0.2) is 5.43 Å². The highest BCUT2D eigenvalue weighted by Gasteiger charge is 2.36. The van der Waals surface area contributed by atoms with E-state index in [1.54, 1.807) is 25.3 Å². The second-order valence-corrected chi connectivity index (χ2v) is 6.47. The van der Waals surface area contributed by atoms with Gasteiger partial charge in [-0.2, -0.15) is 5.10 Å². The van der Waals surface area contributed by atoms with Crippen molar-refractivity contribution in [1.29, 1.82) is 0 Å². The monoisotopic (exact) mass is 356 g/mol. The Morgan fingerprint density at radius 3 is 2.85 bits per heavy atom. The van der Waals surface area contributed by atoms with Gasteiger partial charge in [0.1, 0.15) is 11.5 Å². The number of nitrogens with zero attached hydrogens (tertiary/aromatic N) is 1. The molecule has 1 fully saturated rings. The largest absolute Gasteiger partial charge is 0.493 e. The highest BCUT2D eigenvalue weighted by Crippen LogP contribution is 2.47. The summed E-state index contributed by atoms with van der Waals surface area (Å²) in [6.45, 7) is 4.82. The van der Waals surface area contributed by atoms with Gasteiger partial charge in [-0.3, -0.25) is 4.79 Å². The minimum Gasteiger partial charge on any atom is -0.493 e. The Morgan fingerprint density at radius 2 is 2.15 bits per heavy atom. The second kappa shape index (κ2) is 8.08. The fraction of sp³-hybridized carbons (Fsp3) is 0.400. The number of ether oxygens (including phenoxy) is 2. The first kappa shape index (κ1) is 18.0. The van der Waals surface area contributed by atoms with Crippen molar-refractivity contribution in [1.82, 2.24) is 5.43 Å². The van der Waals surface area contributed by atoms with E-state index >= 15 is 0 Å². The lowest BCUT2D eigenvalue weighted by molar-refractivity contribution is 0.0954. The highest BCUT2D eigenvalue weighted by atomic mass is 16.5. The van der Waals surface area contributed by atoms with E-state index < -0.39 is 0 Å². The van der Waals surface area contributed by atoms with Crippen molar-refractivity contribution in [3.8, 4) is 11.5 Å². The van der Waals surface area contributed by atoms with E-state index in [1.807, 2.05) is 19.1 Å². The second-order valence-electron chi connectivity index (χ2n) is 6.47. The molecule has 1 amide bonds. The topological polar surface area (TPSA) is 73.1 Å². The zero-order valence-electron chi connectivity index (χ0n) is 15.3. The predicted octanol–water partition coefficient (Wildman–Crippen LogP) is 3.96. The molecule has 2 aromatic rings. The van der Waals surface area contributed by atoms with Crippen LogP contribution in [0.4, 0.5) is 0 Å². The molecule has 1 aliphatic carbocycles. The number of furan rings is 1. The number of hydrazone groups is 1. The van der Waals surface area contributed by atoms with Gasteiger partial charge in [0.2, 0.25) is 0 Å². The number of carbonyl (C=O) groups excluding carboxylic acids is 1. The first-order chi connectivity index (χ1) is 12.6. The summed E-state index contributed by atoms with van der Waals surface area (Å²) in [5.74, 6) is 3.62. The zero-order chi connectivity index (χ0) is 18.5. The van der Waals surface area contributed by atoms with E-state index in [1.165, 1.54) is 12.6 Å². The quantitative estimate of drug-likeness (QED) is 0.574. The average Bonchev–Trinajstić information content (AvgIpc) is 3.20. The first-order valence-corrected chi connectivity index (χ1v) is 8.86. The maximum Gasteiger partial charge on any atom is 0.271 e. The van der Waals surface area contributed by atoms with Crippen LogP contribution in [0.5, 0.6) is 11.5 Å². The maximum absolute atomic E-state index is 12.2. The summed E-state index contributed by atoms with van der Waals surface area (Å²) in [6, 6.07) is 8.87. The Balaban J connectivity index is 1.59. The van der Waals surface area contributed by atoms with Gasteiger partial charge >= 0.3 is 0 Å². The smallest absolute Gasteiger partial charge is 0.271 e. The maximum atomic E-state index is 12.2. The van der Waals surface area contributed by atoms with Crippen LogP contribution >= 0.6 is 0 Å². The summed E-state index contributed by atoms with van der Waals surface area (Å²) in [6.07, 6.45) is 3.57. The molecular formula is C20H24N2O4. The normalized spacial score (nSPS) is 18.7. The molecule has 1 aromatic carbocycles. The Hall–Kier alpha value is -2.76. The van der Waals surface area contributed by atoms with E-state index in [2.05, 4.69) is 17.5 Å². The van der Waals surface area contributed by atoms with Crippen molar-refractivity contribution in [3.05, 3.63) is 47.4 Å². The van der Waals surface area contributed by atoms with Crippen LogP contribution in [0.25, 0.3) is 0 Å². The number of benzene rings is 1. The Bertz CT molecular complexity index is 797. The van der Waals surface area contributed by atoms with E-state index in [9.17, 15) is 4.79 Å². The lowest BCUT2D eigenvalue weighted by Crippen LogP contribution is -2.17. The fourth-order valence-corrected chi connectivity index (χ4v) is 2.71. The predicted molar refractivity (Wildman–Crippen MR) is 99.1 cm³/mol. The molecular weight excluding hydrogens is 332 g/mol. The molecule has 138 valence electrons. The molecule has 3 rings (SSSR count). The third-order valence-electron chi connectivity index (χ3n) is 4.37. The van der Waals surface area contributed by atoms with Gasteiger partial charge < -0.3 is 13.9 Å². The average molecular weight is 356 g/mol. The van der Waals surface area contributed by atoms with Crippen molar-refractivity contribution < 1.29 is 18.7 Å². The molecule has 1 heterocycles. The number of hydrogen-bond acceptors (Lipinski definition) is 5. The molecule has 1 N–H and O–H groups in total. The molecule has 2 atom stereocenters. The van der Waals surface area contributed by atoms with Crippen LogP contribution in [0.1, 0.15) is 54.5 Å². The summed E-state index contributed by atoms with van der Waals surface area (Å²) in [5.41, 5.74) is 2.94. The van der Waals surface area contributed by atoms with E-state index in [0.717, 1.165) is 12.2 Å². The number of rotatable bonds is 8. The number of amides is 1. The summed E-state index contributed by atoms with van der Waals surface area (Å²) in [4.78, 5) is 12.2. The van der Waals surface area contributed by atoms with Gasteiger partial charge in [0.05, 0.1) is 19.9 Å². The van der Waals surface area contributed by atoms with Crippen molar-refractivity contribution in [2.24, 2.45) is 11.0 Å². The summed E-state index contributed by atoms with van der Waals surface area (Å²) < 4.78 is 16.6. The van der Waals surface area contributed by atoms with Crippen LogP contribution in [0.15, 0.2) is 39.9 Å². The summed E-state index contributed by atoms with van der Waals surface area (Å²) in [7, 11) is 1.54. The molecule has 0 spiro atoms. The van der Waals surface area contributed by atoms with Crippen LogP contribution in [-0.4, -0.2) is 25.8 Å². The van der Waals surface area contributed by atoms with Crippen LogP contribution in [0.3, 0.4) is 0 Å². The summed E-state index contributed by atoms with van der Waals surface area (Å²) >= 11 is 0. The van der Waals surface area contributed by atoms with E-state index in [0.29, 0.717) is 41.3 Å². The minimum absolute atomic E-state index is 0.329. The zero-order valence-corrected chi connectivity index (χ0v) is 15.3. The molecule has 0 bridgehead atoms. The summed E-state index contributed by atoms with van der Waals surface area (Å²) in [5, 5.41) is 3.97. The molecule has 0 unspecified atom stereocenters. The van der Waals surface area contributed by atoms with Crippen LogP contribution < -0.4 is 14.9 Å². The molecule has 1 saturated carbocycles. The Kier molecular flexibility index (Phi) is 5.61. The van der Waals surface area contributed by atoms with Gasteiger partial charge in [0, 0.05) is 11.5 Å². The van der Waals surface area contributed by atoms with Crippen molar-refractivity contribution in [2.45, 2.75) is 32.6 Å². The molecule has 0 saturated heterocycles. The third-order valence-corrected chi connectivity index (χ3v) is 4.37. The lowest BCUT2D eigenvalue weighted by atomic mass is 10.2.